The van der Waals surface area contributed by atoms with Gasteiger partial charge in [-0.05, 0) is 17.1 Å². The molecule has 0 saturated heterocycles. The summed E-state index contributed by atoms with van der Waals surface area (Å²) in [5, 5.41) is 10.1. The lowest BCUT2D eigenvalue weighted by molar-refractivity contribution is 0.585. The topological polar surface area (TPSA) is 36.1 Å². The van der Waals surface area contributed by atoms with Gasteiger partial charge in [-0.2, -0.15) is 0 Å². The van der Waals surface area contributed by atoms with Crippen molar-refractivity contribution in [3.05, 3.63) is 53.4 Å². The molecule has 1 radical (unpaired) electrons. The van der Waals surface area contributed by atoms with E-state index in [0.29, 0.717) is 5.92 Å². The van der Waals surface area contributed by atoms with Crippen LogP contribution in [0.4, 0.5) is 0 Å². The highest BCUT2D eigenvalue weighted by Gasteiger charge is 2.19. The van der Waals surface area contributed by atoms with Crippen molar-refractivity contribution in [2.24, 2.45) is 5.92 Å². The van der Waals surface area contributed by atoms with Gasteiger partial charge in [0, 0.05) is 37.8 Å². The van der Waals surface area contributed by atoms with E-state index in [1.165, 1.54) is 16.7 Å². The van der Waals surface area contributed by atoms with Crippen molar-refractivity contribution in [1.82, 2.24) is 16.0 Å². The van der Waals surface area contributed by atoms with Crippen LogP contribution in [-0.4, -0.2) is 19.6 Å². The van der Waals surface area contributed by atoms with Crippen LogP contribution in [0.5, 0.6) is 0 Å². The molecule has 3 heterocycles. The molecule has 0 aliphatic carbocycles. The molecule has 0 bridgehead atoms. The Kier molecular flexibility index (Phi) is 2.77. The molecule has 3 N–H and O–H groups in total. The molecule has 0 fully saturated rings. The third kappa shape index (κ3) is 2.15. The second kappa shape index (κ2) is 4.41. The normalized spacial score (nSPS) is 27.7. The molecule has 0 amide bonds. The zero-order valence-corrected chi connectivity index (χ0v) is 10.1. The molecule has 3 nitrogen and oxygen atoms in total. The van der Waals surface area contributed by atoms with Gasteiger partial charge >= 0.3 is 0 Å². The van der Waals surface area contributed by atoms with Gasteiger partial charge in [0.1, 0.15) is 5.82 Å². The third-order valence-electron chi connectivity index (χ3n) is 3.30. The first-order valence-corrected chi connectivity index (χ1v) is 6.21. The standard InChI is InChI=1S/C14H18N3/c1-10-5-12(8-15-7-10)13-6-11-3-2-4-16-14(11)17-9-13/h2-3,5-6,9-10,15-17H,4,7-8H2,1H3/t10-/m1/s1. The Morgan fingerprint density at radius 1 is 1.35 bits per heavy atom. The maximum absolute atomic E-state index is 3.45. The zero-order valence-electron chi connectivity index (χ0n) is 10.1. The van der Waals surface area contributed by atoms with Crippen LogP contribution in [0.15, 0.2) is 47.0 Å². The van der Waals surface area contributed by atoms with Gasteiger partial charge in [0.25, 0.3) is 0 Å². The lowest BCUT2D eigenvalue weighted by Crippen LogP contribution is -2.32. The van der Waals surface area contributed by atoms with Crippen molar-refractivity contribution in [2.75, 3.05) is 19.6 Å². The smallest absolute Gasteiger partial charge is 0.107 e. The Hall–Kier alpha value is -1.48. The van der Waals surface area contributed by atoms with Gasteiger partial charge in [-0.3, -0.25) is 0 Å². The van der Waals surface area contributed by atoms with Crippen LogP contribution in [0, 0.1) is 12.3 Å². The summed E-state index contributed by atoms with van der Waals surface area (Å²) >= 11 is 0. The third-order valence-corrected chi connectivity index (χ3v) is 3.30. The van der Waals surface area contributed by atoms with Gasteiger partial charge in [0.05, 0.1) is 0 Å². The first kappa shape index (κ1) is 10.7. The second-order valence-corrected chi connectivity index (χ2v) is 4.80. The number of hydrogen-bond acceptors (Lipinski definition) is 3. The highest BCUT2D eigenvalue weighted by Crippen LogP contribution is 2.26. The van der Waals surface area contributed by atoms with Gasteiger partial charge in [0.2, 0.25) is 0 Å². The lowest BCUT2D eigenvalue weighted by atomic mass is 9.91. The first-order chi connectivity index (χ1) is 8.33. The number of nitrogens with one attached hydrogen (secondary N) is 3. The number of allylic oxidation sites excluding steroid dienone is 2. The summed E-state index contributed by atoms with van der Waals surface area (Å²) in [6, 6.07) is 0. The van der Waals surface area contributed by atoms with Gasteiger partial charge in [-0.1, -0.05) is 25.2 Å². The number of dihydropyridines is 2. The molecule has 0 spiro atoms. The molecule has 3 aliphatic rings. The van der Waals surface area contributed by atoms with Crippen LogP contribution in [0.25, 0.3) is 0 Å². The van der Waals surface area contributed by atoms with Crippen molar-refractivity contribution in [3.8, 4) is 0 Å². The summed E-state index contributed by atoms with van der Waals surface area (Å²) in [6.07, 6.45) is 11.0. The SMILES string of the molecule is C[C@@H]1C=C(C2=CNC3=C([CH]2)C=CCN3)CNC1. The van der Waals surface area contributed by atoms with Crippen LogP contribution in [0.2, 0.25) is 0 Å². The fourth-order valence-corrected chi connectivity index (χ4v) is 2.43. The molecule has 89 valence electrons. The van der Waals surface area contributed by atoms with Crippen LogP contribution in [0.3, 0.4) is 0 Å². The Labute approximate surface area is 102 Å². The van der Waals surface area contributed by atoms with E-state index >= 15 is 0 Å². The van der Waals surface area contributed by atoms with Gasteiger partial charge in [-0.15, -0.1) is 0 Å². The summed E-state index contributed by atoms with van der Waals surface area (Å²) in [6.45, 7) is 5.20. The molecule has 17 heavy (non-hydrogen) atoms. The zero-order chi connectivity index (χ0) is 11.7. The largest absolute Gasteiger partial charge is 0.368 e. The van der Waals surface area contributed by atoms with Crippen molar-refractivity contribution in [2.45, 2.75) is 6.92 Å². The molecule has 3 aliphatic heterocycles. The molecule has 3 rings (SSSR count). The Morgan fingerprint density at radius 3 is 3.18 bits per heavy atom. The molecule has 0 aromatic carbocycles. The molecule has 0 unspecified atom stereocenters. The molecule has 3 heteroatoms. The highest BCUT2D eigenvalue weighted by atomic mass is 15.1. The van der Waals surface area contributed by atoms with E-state index in [1.807, 2.05) is 0 Å². The molecule has 0 aromatic rings. The van der Waals surface area contributed by atoms with Crippen LogP contribution in [-0.2, 0) is 0 Å². The van der Waals surface area contributed by atoms with Crippen molar-refractivity contribution < 1.29 is 0 Å². The molecular formula is C14H18N3. The summed E-state index contributed by atoms with van der Waals surface area (Å²) in [5.41, 5.74) is 3.92. The van der Waals surface area contributed by atoms with E-state index in [2.05, 4.69) is 53.7 Å². The molecular weight excluding hydrogens is 210 g/mol. The molecule has 1 atom stereocenters. The van der Waals surface area contributed by atoms with Gasteiger partial charge < -0.3 is 16.0 Å². The van der Waals surface area contributed by atoms with Gasteiger partial charge in [0.15, 0.2) is 0 Å². The van der Waals surface area contributed by atoms with Crippen molar-refractivity contribution >= 4 is 0 Å². The maximum atomic E-state index is 3.45. The highest BCUT2D eigenvalue weighted by molar-refractivity contribution is 5.53. The monoisotopic (exact) mass is 228 g/mol. The van der Waals surface area contributed by atoms with E-state index in [4.69, 9.17) is 0 Å². The Morgan fingerprint density at radius 2 is 2.29 bits per heavy atom. The maximum Gasteiger partial charge on any atom is 0.107 e. The number of rotatable bonds is 1. The minimum atomic E-state index is 0.614. The minimum Gasteiger partial charge on any atom is -0.368 e. The molecule has 0 aromatic heterocycles. The predicted octanol–water partition coefficient (Wildman–Crippen LogP) is 1.21. The van der Waals surface area contributed by atoms with E-state index in [9.17, 15) is 0 Å². The quantitative estimate of drug-likeness (QED) is 0.631. The fraction of sp³-hybridized carbons (Fsp3) is 0.357. The van der Waals surface area contributed by atoms with Crippen molar-refractivity contribution in [3.63, 3.8) is 0 Å². The first-order valence-electron chi connectivity index (χ1n) is 6.21. The average molecular weight is 228 g/mol. The van der Waals surface area contributed by atoms with E-state index in [0.717, 1.165) is 25.5 Å². The van der Waals surface area contributed by atoms with Crippen LogP contribution < -0.4 is 16.0 Å². The fourth-order valence-electron chi connectivity index (χ4n) is 2.43. The summed E-state index contributed by atoms with van der Waals surface area (Å²) in [7, 11) is 0. The lowest BCUT2D eigenvalue weighted by Gasteiger charge is -2.27. The number of hydrogen-bond donors (Lipinski definition) is 3. The van der Waals surface area contributed by atoms with E-state index in [1.54, 1.807) is 0 Å². The Balaban J connectivity index is 1.79. The summed E-state index contributed by atoms with van der Waals surface area (Å²) in [4.78, 5) is 0. The van der Waals surface area contributed by atoms with Crippen molar-refractivity contribution in [1.29, 1.82) is 0 Å². The second-order valence-electron chi connectivity index (χ2n) is 4.80. The summed E-state index contributed by atoms with van der Waals surface area (Å²) < 4.78 is 0. The molecule has 0 saturated carbocycles. The summed E-state index contributed by atoms with van der Waals surface area (Å²) in [5.74, 6) is 1.73. The predicted molar refractivity (Wildman–Crippen MR) is 69.8 cm³/mol. The van der Waals surface area contributed by atoms with Crippen LogP contribution >= 0.6 is 0 Å². The average Bonchev–Trinajstić information content (AvgIpc) is 2.38. The van der Waals surface area contributed by atoms with E-state index in [-0.39, 0.29) is 0 Å². The van der Waals surface area contributed by atoms with Crippen LogP contribution in [0.1, 0.15) is 6.92 Å². The minimum absolute atomic E-state index is 0.614. The van der Waals surface area contributed by atoms with Gasteiger partial charge in [-0.25, -0.2) is 0 Å². The van der Waals surface area contributed by atoms with E-state index < -0.39 is 0 Å². The Bertz CT molecular complexity index is 440.